The van der Waals surface area contributed by atoms with Gasteiger partial charge in [-0.1, -0.05) is 30.3 Å². The van der Waals surface area contributed by atoms with Crippen LogP contribution in [0.25, 0.3) is 0 Å². The van der Waals surface area contributed by atoms with Crippen molar-refractivity contribution in [1.82, 2.24) is 4.90 Å². The predicted molar refractivity (Wildman–Crippen MR) is 74.6 cm³/mol. The molecular formula is C14H20N2OS. The molecule has 4 heteroatoms. The lowest BCUT2D eigenvalue weighted by atomic mass is 9.85. The molecule has 3 rings (SSSR count). The third-order valence-electron chi connectivity index (χ3n) is 4.12. The zero-order valence-corrected chi connectivity index (χ0v) is 11.3. The minimum atomic E-state index is -0.638. The van der Waals surface area contributed by atoms with Crippen LogP contribution in [-0.4, -0.2) is 39.7 Å². The van der Waals surface area contributed by atoms with Gasteiger partial charge in [0, 0.05) is 48.0 Å². The highest BCUT2D eigenvalue weighted by Gasteiger charge is 2.39. The third kappa shape index (κ3) is 2.51. The van der Waals surface area contributed by atoms with Gasteiger partial charge in [0.25, 0.3) is 0 Å². The summed E-state index contributed by atoms with van der Waals surface area (Å²) in [7, 11) is -0.638. The van der Waals surface area contributed by atoms with Crippen molar-refractivity contribution in [2.45, 2.75) is 12.6 Å². The van der Waals surface area contributed by atoms with Crippen molar-refractivity contribution in [2.24, 2.45) is 17.6 Å². The number of hydrogen-bond acceptors (Lipinski definition) is 3. The number of benzene rings is 1. The van der Waals surface area contributed by atoms with Gasteiger partial charge in [-0.05, 0) is 17.4 Å². The molecule has 2 fully saturated rings. The van der Waals surface area contributed by atoms with E-state index in [0.29, 0.717) is 11.8 Å². The Labute approximate surface area is 111 Å². The fraction of sp³-hybridized carbons (Fsp3) is 0.571. The van der Waals surface area contributed by atoms with Gasteiger partial charge < -0.3 is 5.73 Å². The lowest BCUT2D eigenvalue weighted by Crippen LogP contribution is -2.59. The summed E-state index contributed by atoms with van der Waals surface area (Å²) >= 11 is 0. The van der Waals surface area contributed by atoms with E-state index in [2.05, 4.69) is 29.2 Å². The van der Waals surface area contributed by atoms with E-state index >= 15 is 0 Å². The molecule has 2 aliphatic heterocycles. The molecule has 1 aromatic rings. The number of likely N-dealkylation sites (tertiary alicyclic amines) is 1. The predicted octanol–water partition coefficient (Wildman–Crippen LogP) is 0.824. The van der Waals surface area contributed by atoms with E-state index in [1.54, 1.807) is 0 Å². The molecule has 2 aliphatic rings. The number of rotatable bonds is 2. The minimum absolute atomic E-state index is 0.259. The smallest absolute Gasteiger partial charge is 0.0290 e. The van der Waals surface area contributed by atoms with Crippen molar-refractivity contribution in [3.8, 4) is 0 Å². The zero-order valence-electron chi connectivity index (χ0n) is 10.5. The zero-order chi connectivity index (χ0) is 12.5. The van der Waals surface area contributed by atoms with E-state index in [-0.39, 0.29) is 6.04 Å². The molecule has 2 atom stereocenters. The first kappa shape index (κ1) is 12.3. The molecule has 0 amide bonds. The fourth-order valence-electron chi connectivity index (χ4n) is 3.21. The molecule has 0 radical (unpaired) electrons. The highest BCUT2D eigenvalue weighted by Crippen LogP contribution is 2.28. The molecule has 98 valence electrons. The second kappa shape index (κ2) is 5.11. The summed E-state index contributed by atoms with van der Waals surface area (Å²) in [6, 6.07) is 10.8. The topological polar surface area (TPSA) is 46.3 Å². The summed E-state index contributed by atoms with van der Waals surface area (Å²) in [6.07, 6.45) is 0. The average molecular weight is 264 g/mol. The van der Waals surface area contributed by atoms with Gasteiger partial charge in [0.15, 0.2) is 0 Å². The van der Waals surface area contributed by atoms with Crippen molar-refractivity contribution in [2.75, 3.05) is 24.6 Å². The molecule has 1 aromatic carbocycles. The summed E-state index contributed by atoms with van der Waals surface area (Å²) in [4.78, 5) is 2.48. The number of nitrogens with two attached hydrogens (primary N) is 1. The van der Waals surface area contributed by atoms with Gasteiger partial charge in [0.1, 0.15) is 0 Å². The number of fused-ring (bicyclic) bond motifs is 2. The molecule has 2 unspecified atom stereocenters. The van der Waals surface area contributed by atoms with Gasteiger partial charge in [-0.2, -0.15) is 0 Å². The molecule has 3 nitrogen and oxygen atoms in total. The molecule has 0 aliphatic carbocycles. The summed E-state index contributed by atoms with van der Waals surface area (Å²) in [6.45, 7) is 2.99. The summed E-state index contributed by atoms with van der Waals surface area (Å²) < 4.78 is 11.7. The Balaban J connectivity index is 1.68. The van der Waals surface area contributed by atoms with Crippen LogP contribution in [0.5, 0.6) is 0 Å². The second-order valence-corrected chi connectivity index (χ2v) is 7.10. The molecule has 2 saturated heterocycles. The Kier molecular flexibility index (Phi) is 3.50. The highest BCUT2D eigenvalue weighted by molar-refractivity contribution is 7.85. The van der Waals surface area contributed by atoms with Gasteiger partial charge in [-0.25, -0.2) is 0 Å². The molecule has 2 N–H and O–H groups in total. The Hall–Kier alpha value is -0.710. The summed E-state index contributed by atoms with van der Waals surface area (Å²) in [5, 5.41) is 0. The quantitative estimate of drug-likeness (QED) is 0.860. The maximum Gasteiger partial charge on any atom is 0.0290 e. The Morgan fingerprint density at radius 1 is 1.17 bits per heavy atom. The van der Waals surface area contributed by atoms with Crippen LogP contribution in [0, 0.1) is 11.8 Å². The van der Waals surface area contributed by atoms with Crippen LogP contribution in [0.15, 0.2) is 30.3 Å². The van der Waals surface area contributed by atoms with Crippen LogP contribution in [0.1, 0.15) is 5.56 Å². The first-order chi connectivity index (χ1) is 8.72. The molecule has 0 aromatic heterocycles. The fourth-order valence-corrected chi connectivity index (χ4v) is 4.96. The Morgan fingerprint density at radius 2 is 1.78 bits per heavy atom. The van der Waals surface area contributed by atoms with Gasteiger partial charge in [-0.3, -0.25) is 9.11 Å². The molecule has 2 bridgehead atoms. The third-order valence-corrected chi connectivity index (χ3v) is 5.72. The summed E-state index contributed by atoms with van der Waals surface area (Å²) in [5.74, 6) is 2.43. The van der Waals surface area contributed by atoms with Gasteiger partial charge >= 0.3 is 0 Å². The van der Waals surface area contributed by atoms with Crippen molar-refractivity contribution in [3.63, 3.8) is 0 Å². The van der Waals surface area contributed by atoms with Crippen LogP contribution >= 0.6 is 0 Å². The van der Waals surface area contributed by atoms with Crippen molar-refractivity contribution in [3.05, 3.63) is 35.9 Å². The van der Waals surface area contributed by atoms with Crippen molar-refractivity contribution >= 4 is 10.8 Å². The molecular weight excluding hydrogens is 244 g/mol. The van der Waals surface area contributed by atoms with Gasteiger partial charge in [-0.15, -0.1) is 0 Å². The van der Waals surface area contributed by atoms with Crippen LogP contribution in [0.4, 0.5) is 0 Å². The summed E-state index contributed by atoms with van der Waals surface area (Å²) in [5.41, 5.74) is 7.59. The largest absolute Gasteiger partial charge is 0.327 e. The van der Waals surface area contributed by atoms with E-state index in [9.17, 15) is 4.21 Å². The second-order valence-electron chi connectivity index (χ2n) is 5.55. The maximum absolute atomic E-state index is 11.7. The van der Waals surface area contributed by atoms with E-state index in [1.807, 2.05) is 6.07 Å². The normalized spacial score (nSPS) is 36.5. The van der Waals surface area contributed by atoms with Gasteiger partial charge in [0.05, 0.1) is 0 Å². The lowest BCUT2D eigenvalue weighted by Gasteiger charge is -2.45. The van der Waals surface area contributed by atoms with Crippen molar-refractivity contribution < 1.29 is 4.21 Å². The maximum atomic E-state index is 11.7. The molecule has 0 saturated carbocycles. The first-order valence-electron chi connectivity index (χ1n) is 6.59. The van der Waals surface area contributed by atoms with Crippen LogP contribution in [-0.2, 0) is 17.3 Å². The van der Waals surface area contributed by atoms with Crippen LogP contribution in [0.2, 0.25) is 0 Å². The standard InChI is InChI=1S/C14H20N2OS/c15-14-12-7-16(6-11-4-2-1-3-5-11)8-13(14)10-18(17)9-12/h1-5,12-14H,6-10,15H2. The number of piperidine rings is 1. The first-order valence-corrected chi connectivity index (χ1v) is 8.08. The lowest BCUT2D eigenvalue weighted by molar-refractivity contribution is 0.110. The Bertz CT molecular complexity index is 419. The average Bonchev–Trinajstić information content (AvgIpc) is 2.33. The number of hydrogen-bond donors (Lipinski definition) is 1. The monoisotopic (exact) mass is 264 g/mol. The van der Waals surface area contributed by atoms with E-state index in [4.69, 9.17) is 5.73 Å². The van der Waals surface area contributed by atoms with E-state index in [0.717, 1.165) is 31.1 Å². The van der Waals surface area contributed by atoms with Crippen molar-refractivity contribution in [1.29, 1.82) is 0 Å². The van der Waals surface area contributed by atoms with Crippen LogP contribution in [0.3, 0.4) is 0 Å². The number of nitrogens with zero attached hydrogens (tertiary/aromatic N) is 1. The molecule has 2 heterocycles. The van der Waals surface area contributed by atoms with E-state index in [1.165, 1.54) is 5.56 Å². The molecule has 0 spiro atoms. The molecule has 18 heavy (non-hydrogen) atoms. The van der Waals surface area contributed by atoms with Gasteiger partial charge in [0.2, 0.25) is 0 Å². The van der Waals surface area contributed by atoms with E-state index < -0.39 is 10.8 Å². The Morgan fingerprint density at radius 3 is 2.39 bits per heavy atom. The highest BCUT2D eigenvalue weighted by atomic mass is 32.2. The SMILES string of the molecule is NC1C2CN(Cc3ccccc3)CC1CS(=O)C2. The minimum Gasteiger partial charge on any atom is -0.327 e. The van der Waals surface area contributed by atoms with Crippen LogP contribution < -0.4 is 5.73 Å².